The van der Waals surface area contributed by atoms with Crippen molar-refractivity contribution in [1.82, 2.24) is 9.55 Å². The summed E-state index contributed by atoms with van der Waals surface area (Å²) in [4.78, 5) is 4.48. The second-order valence-corrected chi connectivity index (χ2v) is 11.7. The molecule has 1 aliphatic carbocycles. The number of benzene rings is 4. The van der Waals surface area contributed by atoms with Gasteiger partial charge in [-0.3, -0.25) is 0 Å². The van der Waals surface area contributed by atoms with Crippen LogP contribution < -0.4 is 13.9 Å². The van der Waals surface area contributed by atoms with E-state index in [0.29, 0.717) is 11.5 Å². The van der Waals surface area contributed by atoms with Crippen LogP contribution in [0.4, 0.5) is 0 Å². The molecule has 2 aromatic heterocycles. The van der Waals surface area contributed by atoms with Crippen LogP contribution >= 0.6 is 0 Å². The molecule has 0 spiro atoms. The fraction of sp³-hybridized carbons (Fsp3) is 0.132. The third-order valence-corrected chi connectivity index (χ3v) is 7.65. The van der Waals surface area contributed by atoms with Crippen molar-refractivity contribution in [3.05, 3.63) is 151 Å². The SMILES string of the molecule is Cn1[c-][n+](-c2[c-]c(O/C3=C/c4ccccc4-c4ccccc4C([n+]4[c-]ncc(C(C)(C)C)c4)=[C-]3)ccc2)c2ccccc21.[Pt+4]. The van der Waals surface area contributed by atoms with Gasteiger partial charge in [0.05, 0.1) is 24.3 Å². The van der Waals surface area contributed by atoms with E-state index >= 15 is 0 Å². The number of hydrogen-bond donors (Lipinski definition) is 0. The Labute approximate surface area is 272 Å². The molecule has 0 saturated carbocycles. The van der Waals surface area contributed by atoms with E-state index in [1.807, 2.05) is 75.5 Å². The number of aromatic nitrogens is 4. The van der Waals surface area contributed by atoms with Crippen LogP contribution in [-0.4, -0.2) is 9.55 Å². The van der Waals surface area contributed by atoms with Crippen molar-refractivity contribution in [2.24, 2.45) is 7.05 Å². The van der Waals surface area contributed by atoms with Gasteiger partial charge in [-0.15, -0.1) is 40.9 Å². The van der Waals surface area contributed by atoms with Crippen molar-refractivity contribution in [2.45, 2.75) is 26.2 Å². The number of imidazole rings is 1. The Balaban J connectivity index is 0.00000343. The summed E-state index contributed by atoms with van der Waals surface area (Å²) in [5.74, 6) is 1.13. The smallest absolute Gasteiger partial charge is 0.511 e. The number of para-hydroxylation sites is 2. The van der Waals surface area contributed by atoms with Crippen molar-refractivity contribution in [2.75, 3.05) is 0 Å². The van der Waals surface area contributed by atoms with Gasteiger partial charge in [0.2, 0.25) is 6.33 Å². The van der Waals surface area contributed by atoms with Crippen molar-refractivity contribution in [3.63, 3.8) is 0 Å². The van der Waals surface area contributed by atoms with Crippen LogP contribution in [0, 0.1) is 24.8 Å². The summed E-state index contributed by atoms with van der Waals surface area (Å²) in [6.07, 6.45) is 16.1. The number of ether oxygens (including phenoxy) is 1. The standard InChI is InChI=1S/C38H30N4O.Pt/c1-38(2,3)28-23-39-25-41(24-28)37-22-31(20-27-12-5-6-15-32(27)33-16-7-8-17-34(33)37)43-30-14-11-13-29(21-30)42-26-40(4)35-18-9-10-19-36(35)42;/h5-20,23-24H,1-4H3;/q-2;+4/b27-20?,31-20+,33-32?,37-34?;. The minimum absolute atomic E-state index is 0. The summed E-state index contributed by atoms with van der Waals surface area (Å²) in [6, 6.07) is 34.3. The van der Waals surface area contributed by atoms with Gasteiger partial charge in [0.25, 0.3) is 6.33 Å². The van der Waals surface area contributed by atoms with E-state index < -0.39 is 0 Å². The minimum Gasteiger partial charge on any atom is -0.511 e. The van der Waals surface area contributed by atoms with E-state index in [1.165, 1.54) is 0 Å². The van der Waals surface area contributed by atoms with Crippen molar-refractivity contribution >= 4 is 22.8 Å². The largest absolute Gasteiger partial charge is 4.00 e. The molecule has 0 radical (unpaired) electrons. The molecular weight excluding hydrogens is 724 g/mol. The summed E-state index contributed by atoms with van der Waals surface area (Å²) in [5, 5.41) is 0. The number of aryl methyl sites for hydroxylation is 1. The molecule has 0 amide bonds. The summed E-state index contributed by atoms with van der Waals surface area (Å²) in [6.45, 7) is 6.53. The molecule has 44 heavy (non-hydrogen) atoms. The van der Waals surface area contributed by atoms with Crippen LogP contribution in [-0.2, 0) is 33.5 Å². The molecule has 0 atom stereocenters. The molecule has 2 heterocycles. The first-order valence-electron chi connectivity index (χ1n) is 14.3. The van der Waals surface area contributed by atoms with Crippen molar-refractivity contribution < 1.29 is 34.9 Å². The zero-order valence-electron chi connectivity index (χ0n) is 24.9. The van der Waals surface area contributed by atoms with Gasteiger partial charge in [-0.2, -0.15) is 12.1 Å². The molecule has 6 heteroatoms. The van der Waals surface area contributed by atoms with Crippen LogP contribution in [0.3, 0.4) is 0 Å². The van der Waals surface area contributed by atoms with Crippen LogP contribution in [0.15, 0.2) is 109 Å². The van der Waals surface area contributed by atoms with Gasteiger partial charge in [-0.1, -0.05) is 110 Å². The number of nitrogens with zero attached hydrogens (tertiary/aromatic N) is 4. The first-order valence-corrected chi connectivity index (χ1v) is 14.3. The van der Waals surface area contributed by atoms with Crippen LogP contribution in [0.1, 0.15) is 37.5 Å². The Morgan fingerprint density at radius 1 is 0.818 bits per heavy atom. The Morgan fingerprint density at radius 2 is 1.55 bits per heavy atom. The summed E-state index contributed by atoms with van der Waals surface area (Å²) in [5.41, 5.74) is 9.03. The molecule has 216 valence electrons. The van der Waals surface area contributed by atoms with Crippen LogP contribution in [0.5, 0.6) is 5.75 Å². The topological polar surface area (TPSA) is 34.8 Å². The predicted octanol–water partition coefficient (Wildman–Crippen LogP) is 6.63. The maximum absolute atomic E-state index is 6.58. The molecule has 0 unspecified atom stereocenters. The van der Waals surface area contributed by atoms with Gasteiger partial charge in [0.1, 0.15) is 0 Å². The average molecular weight is 754 g/mol. The molecular formula is C38H30N4OPt+2. The fourth-order valence-electron chi connectivity index (χ4n) is 5.39. The van der Waals surface area contributed by atoms with E-state index in [4.69, 9.17) is 4.74 Å². The quantitative estimate of drug-likeness (QED) is 0.150. The number of allylic oxidation sites excluding steroid dienone is 1. The third-order valence-electron chi connectivity index (χ3n) is 7.65. The summed E-state index contributed by atoms with van der Waals surface area (Å²) in [7, 11) is 1.99. The molecule has 0 fully saturated rings. The second-order valence-electron chi connectivity index (χ2n) is 11.7. The number of fused-ring (bicyclic) bond motifs is 4. The van der Waals surface area contributed by atoms with Gasteiger partial charge >= 0.3 is 21.1 Å². The summed E-state index contributed by atoms with van der Waals surface area (Å²) >= 11 is 0. The second kappa shape index (κ2) is 11.8. The number of hydrogen-bond acceptors (Lipinski definition) is 2. The Kier molecular flexibility index (Phi) is 7.92. The maximum Gasteiger partial charge on any atom is 4.00 e. The molecule has 5 nitrogen and oxygen atoms in total. The minimum atomic E-state index is -0.0843. The first kappa shape index (κ1) is 29.5. The molecule has 0 bridgehead atoms. The number of rotatable bonds is 4. The van der Waals surface area contributed by atoms with E-state index in [0.717, 1.165) is 50.2 Å². The zero-order chi connectivity index (χ0) is 29.6. The van der Waals surface area contributed by atoms with E-state index in [9.17, 15) is 0 Å². The molecule has 1 aliphatic rings. The van der Waals surface area contributed by atoms with Gasteiger partial charge in [0.15, 0.2) is 0 Å². The fourth-order valence-corrected chi connectivity index (χ4v) is 5.39. The Morgan fingerprint density at radius 3 is 2.36 bits per heavy atom. The first-order chi connectivity index (χ1) is 20.8. The van der Waals surface area contributed by atoms with E-state index in [-0.39, 0.29) is 26.5 Å². The van der Waals surface area contributed by atoms with E-state index in [2.05, 4.69) is 105 Å². The van der Waals surface area contributed by atoms with Gasteiger partial charge in [-0.05, 0) is 16.5 Å². The monoisotopic (exact) mass is 753 g/mol. The maximum atomic E-state index is 6.58. The third kappa shape index (κ3) is 5.56. The molecule has 7 rings (SSSR count). The molecule has 0 saturated heterocycles. The normalized spacial score (nSPS) is 13.8. The summed E-state index contributed by atoms with van der Waals surface area (Å²) < 4.78 is 12.5. The molecule has 6 aromatic rings. The van der Waals surface area contributed by atoms with Gasteiger partial charge < -0.3 is 18.4 Å². The molecule has 0 aliphatic heterocycles. The van der Waals surface area contributed by atoms with Gasteiger partial charge in [0, 0.05) is 17.7 Å². The van der Waals surface area contributed by atoms with Crippen molar-refractivity contribution in [3.8, 4) is 22.6 Å². The van der Waals surface area contributed by atoms with Crippen molar-refractivity contribution in [1.29, 1.82) is 0 Å². The van der Waals surface area contributed by atoms with E-state index in [1.54, 1.807) is 0 Å². The van der Waals surface area contributed by atoms with Crippen LogP contribution in [0.25, 0.3) is 39.6 Å². The molecule has 4 aromatic carbocycles. The van der Waals surface area contributed by atoms with Gasteiger partial charge in [-0.25, -0.2) is 0 Å². The predicted molar refractivity (Wildman–Crippen MR) is 167 cm³/mol. The zero-order valence-corrected chi connectivity index (χ0v) is 27.2. The Bertz CT molecular complexity index is 2070. The Hall–Kier alpha value is -4.60. The molecule has 0 N–H and O–H groups in total. The average Bonchev–Trinajstić information content (AvgIpc) is 3.35. The van der Waals surface area contributed by atoms with Crippen LogP contribution in [0.2, 0.25) is 0 Å².